The fourth-order valence-corrected chi connectivity index (χ4v) is 0.543. The molecular formula is C7H9N3O. The first kappa shape index (κ1) is 9.45. The lowest BCUT2D eigenvalue weighted by molar-refractivity contribution is -0.120. The molecule has 1 atom stereocenters. The number of rotatable bonds is 3. The molecule has 0 unspecified atom stereocenters. The average Bonchev–Trinajstić information content (AvgIpc) is 2.01. The Morgan fingerprint density at radius 1 is 1.64 bits per heavy atom. The Morgan fingerprint density at radius 2 is 2.27 bits per heavy atom. The van der Waals surface area contributed by atoms with E-state index in [1.807, 2.05) is 6.07 Å². The first-order valence-electron chi connectivity index (χ1n) is 3.30. The molecule has 4 nitrogen and oxygen atoms in total. The molecule has 1 amide bonds. The van der Waals surface area contributed by atoms with Crippen molar-refractivity contribution in [1.82, 2.24) is 5.32 Å². The standard InChI is InChI=1S/C7H9N3O/c1-2-6(5-9)10-7(11)3-4-8/h6H,2-3H2,1H3,(H,10,11)/t6-/m0/s1. The summed E-state index contributed by atoms with van der Waals surface area (Å²) < 4.78 is 0. The molecule has 0 aromatic heterocycles. The molecule has 0 spiro atoms. The van der Waals surface area contributed by atoms with Crippen LogP contribution in [0.15, 0.2) is 0 Å². The van der Waals surface area contributed by atoms with Gasteiger partial charge in [-0.25, -0.2) is 0 Å². The van der Waals surface area contributed by atoms with E-state index in [4.69, 9.17) is 10.5 Å². The van der Waals surface area contributed by atoms with E-state index >= 15 is 0 Å². The first-order valence-corrected chi connectivity index (χ1v) is 3.30. The summed E-state index contributed by atoms with van der Waals surface area (Å²) in [6.45, 7) is 1.79. The largest absolute Gasteiger partial charge is 0.339 e. The first-order chi connectivity index (χ1) is 5.24. The van der Waals surface area contributed by atoms with Crippen LogP contribution in [0.25, 0.3) is 0 Å². The van der Waals surface area contributed by atoms with E-state index in [-0.39, 0.29) is 12.3 Å². The van der Waals surface area contributed by atoms with Crippen LogP contribution in [0.1, 0.15) is 19.8 Å². The highest BCUT2D eigenvalue weighted by Crippen LogP contribution is 1.88. The van der Waals surface area contributed by atoms with Gasteiger partial charge in [-0.05, 0) is 6.42 Å². The molecule has 0 bridgehead atoms. The fraction of sp³-hybridized carbons (Fsp3) is 0.571. The van der Waals surface area contributed by atoms with E-state index in [1.165, 1.54) is 0 Å². The van der Waals surface area contributed by atoms with Crippen LogP contribution in [0.4, 0.5) is 0 Å². The highest BCUT2D eigenvalue weighted by atomic mass is 16.1. The summed E-state index contributed by atoms with van der Waals surface area (Å²) in [5.41, 5.74) is 0. The van der Waals surface area contributed by atoms with Gasteiger partial charge in [-0.2, -0.15) is 10.5 Å². The summed E-state index contributed by atoms with van der Waals surface area (Å²) in [7, 11) is 0. The van der Waals surface area contributed by atoms with Crippen molar-refractivity contribution in [3.8, 4) is 12.1 Å². The van der Waals surface area contributed by atoms with Crippen molar-refractivity contribution in [2.45, 2.75) is 25.8 Å². The molecule has 0 radical (unpaired) electrons. The van der Waals surface area contributed by atoms with Crippen molar-refractivity contribution < 1.29 is 4.79 Å². The molecule has 0 aliphatic rings. The zero-order chi connectivity index (χ0) is 8.69. The molecule has 1 N–H and O–H groups in total. The SMILES string of the molecule is CC[C@@H](C#N)NC(=O)CC#N. The van der Waals surface area contributed by atoms with Gasteiger partial charge < -0.3 is 5.32 Å². The molecule has 4 heteroatoms. The van der Waals surface area contributed by atoms with Crippen molar-refractivity contribution >= 4 is 5.91 Å². The monoisotopic (exact) mass is 151 g/mol. The number of hydrogen-bond acceptors (Lipinski definition) is 3. The van der Waals surface area contributed by atoms with Gasteiger partial charge in [-0.3, -0.25) is 4.79 Å². The molecule has 0 aromatic rings. The van der Waals surface area contributed by atoms with Gasteiger partial charge in [0.25, 0.3) is 0 Å². The van der Waals surface area contributed by atoms with Gasteiger partial charge in [0, 0.05) is 0 Å². The molecule has 11 heavy (non-hydrogen) atoms. The number of amides is 1. The summed E-state index contributed by atoms with van der Waals surface area (Å²) in [6, 6.07) is 3.14. The van der Waals surface area contributed by atoms with Gasteiger partial charge in [0.05, 0.1) is 12.1 Å². The number of nitrogens with one attached hydrogen (secondary N) is 1. The third-order valence-electron chi connectivity index (χ3n) is 1.14. The highest BCUT2D eigenvalue weighted by molar-refractivity contribution is 5.78. The van der Waals surface area contributed by atoms with Gasteiger partial charge in [-0.15, -0.1) is 0 Å². The second kappa shape index (κ2) is 5.25. The van der Waals surface area contributed by atoms with Crippen LogP contribution in [-0.4, -0.2) is 11.9 Å². The topological polar surface area (TPSA) is 76.7 Å². The van der Waals surface area contributed by atoms with Gasteiger partial charge >= 0.3 is 0 Å². The molecule has 0 rings (SSSR count). The van der Waals surface area contributed by atoms with Gasteiger partial charge in [0.2, 0.25) is 5.91 Å². The van der Waals surface area contributed by atoms with Crippen LogP contribution >= 0.6 is 0 Å². The predicted molar refractivity (Wildman–Crippen MR) is 38.1 cm³/mol. The summed E-state index contributed by atoms with van der Waals surface area (Å²) in [6.07, 6.45) is 0.381. The Labute approximate surface area is 65.4 Å². The van der Waals surface area contributed by atoms with E-state index in [9.17, 15) is 4.79 Å². The fourth-order valence-electron chi connectivity index (χ4n) is 0.543. The number of nitriles is 2. The maximum atomic E-state index is 10.7. The smallest absolute Gasteiger partial charge is 0.235 e. The third-order valence-corrected chi connectivity index (χ3v) is 1.14. The Hall–Kier alpha value is -1.55. The van der Waals surface area contributed by atoms with Crippen molar-refractivity contribution in [2.24, 2.45) is 0 Å². The number of carbonyl (C=O) groups is 1. The maximum Gasteiger partial charge on any atom is 0.235 e. The minimum Gasteiger partial charge on any atom is -0.339 e. The van der Waals surface area contributed by atoms with Gasteiger partial charge in [0.1, 0.15) is 12.5 Å². The number of nitrogens with zero attached hydrogens (tertiary/aromatic N) is 2. The number of carbonyl (C=O) groups excluding carboxylic acids is 1. The zero-order valence-electron chi connectivity index (χ0n) is 6.29. The van der Waals surface area contributed by atoms with Crippen molar-refractivity contribution in [3.63, 3.8) is 0 Å². The van der Waals surface area contributed by atoms with E-state index in [0.29, 0.717) is 6.42 Å². The molecule has 58 valence electrons. The van der Waals surface area contributed by atoms with E-state index in [0.717, 1.165) is 0 Å². The Morgan fingerprint density at radius 3 is 2.64 bits per heavy atom. The van der Waals surface area contributed by atoms with E-state index in [2.05, 4.69) is 5.32 Å². The zero-order valence-corrected chi connectivity index (χ0v) is 6.29. The summed E-state index contributed by atoms with van der Waals surface area (Å²) >= 11 is 0. The second-order valence-electron chi connectivity index (χ2n) is 1.99. The lowest BCUT2D eigenvalue weighted by Crippen LogP contribution is -2.32. The molecule has 0 heterocycles. The summed E-state index contributed by atoms with van der Waals surface area (Å²) in [5, 5.41) is 18.9. The minimum atomic E-state index is -0.462. The Kier molecular flexibility index (Phi) is 4.51. The normalized spacial score (nSPS) is 10.8. The molecule has 0 saturated heterocycles. The van der Waals surface area contributed by atoms with Crippen LogP contribution < -0.4 is 5.32 Å². The average molecular weight is 151 g/mol. The number of hydrogen-bond donors (Lipinski definition) is 1. The van der Waals surface area contributed by atoms with Crippen molar-refractivity contribution in [3.05, 3.63) is 0 Å². The Balaban J connectivity index is 3.76. The van der Waals surface area contributed by atoms with Crippen LogP contribution in [0.2, 0.25) is 0 Å². The van der Waals surface area contributed by atoms with Crippen LogP contribution in [0.3, 0.4) is 0 Å². The maximum absolute atomic E-state index is 10.7. The Bertz CT molecular complexity index is 211. The lowest BCUT2D eigenvalue weighted by atomic mass is 10.2. The quantitative estimate of drug-likeness (QED) is 0.630. The highest BCUT2D eigenvalue weighted by Gasteiger charge is 2.07. The van der Waals surface area contributed by atoms with Crippen molar-refractivity contribution in [1.29, 1.82) is 10.5 Å². The van der Waals surface area contributed by atoms with Gasteiger partial charge in [0.15, 0.2) is 0 Å². The van der Waals surface area contributed by atoms with Crippen LogP contribution in [0.5, 0.6) is 0 Å². The minimum absolute atomic E-state index is 0.182. The van der Waals surface area contributed by atoms with Crippen molar-refractivity contribution in [2.75, 3.05) is 0 Å². The van der Waals surface area contributed by atoms with E-state index in [1.54, 1.807) is 13.0 Å². The van der Waals surface area contributed by atoms with Crippen LogP contribution in [0, 0.1) is 22.7 Å². The summed E-state index contributed by atoms with van der Waals surface area (Å²) in [4.78, 5) is 10.7. The molecule has 0 aliphatic carbocycles. The third kappa shape index (κ3) is 3.94. The molecular weight excluding hydrogens is 142 g/mol. The summed E-state index contributed by atoms with van der Waals surface area (Å²) in [5.74, 6) is -0.388. The molecule has 0 aromatic carbocycles. The molecule has 0 aliphatic heterocycles. The van der Waals surface area contributed by atoms with Gasteiger partial charge in [-0.1, -0.05) is 6.92 Å². The van der Waals surface area contributed by atoms with E-state index < -0.39 is 6.04 Å². The predicted octanol–water partition coefficient (Wildman–Crippen LogP) is 0.318. The molecule has 0 saturated carbocycles. The lowest BCUT2D eigenvalue weighted by Gasteiger charge is -2.05. The molecule has 0 fully saturated rings. The van der Waals surface area contributed by atoms with Crippen LogP contribution in [-0.2, 0) is 4.79 Å². The second-order valence-corrected chi connectivity index (χ2v) is 1.99.